The van der Waals surface area contributed by atoms with E-state index in [0.717, 1.165) is 32.4 Å². The number of rotatable bonds is 3. The third kappa shape index (κ3) is 5.50. The van der Waals surface area contributed by atoms with Crippen molar-refractivity contribution in [3.05, 3.63) is 0 Å². The Hall–Kier alpha value is -0.570. The largest absolute Gasteiger partial charge is 0.353 e. The standard InChI is InChI=1S/C11H22N2O.C2H6.H2/c1-4-9(2)11(14)12-10-5-7-13(3)8-6-10;1-2;/h9-10H,4-8H2,1-3H3,(H,12,14);1-2H3;1H. The molecule has 0 spiro atoms. The van der Waals surface area contributed by atoms with Crippen LogP contribution >= 0.6 is 0 Å². The first kappa shape index (κ1) is 15.4. The molecule has 1 atom stereocenters. The zero-order valence-electron chi connectivity index (χ0n) is 11.5. The van der Waals surface area contributed by atoms with Crippen LogP contribution in [0.3, 0.4) is 0 Å². The molecule has 1 saturated heterocycles. The average Bonchev–Trinajstić information content (AvgIpc) is 2.33. The number of carbonyl (C=O) groups is 1. The van der Waals surface area contributed by atoms with Gasteiger partial charge in [0.2, 0.25) is 5.91 Å². The number of hydrogen-bond acceptors (Lipinski definition) is 2. The lowest BCUT2D eigenvalue weighted by Crippen LogP contribution is -2.44. The van der Waals surface area contributed by atoms with Crippen LogP contribution in [0.4, 0.5) is 0 Å². The van der Waals surface area contributed by atoms with Gasteiger partial charge in [-0.05, 0) is 39.4 Å². The number of piperidine rings is 1. The zero-order valence-corrected chi connectivity index (χ0v) is 11.5. The maximum Gasteiger partial charge on any atom is 0.223 e. The van der Waals surface area contributed by atoms with Gasteiger partial charge in [-0.2, -0.15) is 0 Å². The summed E-state index contributed by atoms with van der Waals surface area (Å²) in [7, 11) is 2.13. The van der Waals surface area contributed by atoms with E-state index in [1.54, 1.807) is 0 Å². The summed E-state index contributed by atoms with van der Waals surface area (Å²) in [6.07, 6.45) is 3.12. The fourth-order valence-electron chi connectivity index (χ4n) is 1.68. The molecule has 0 bridgehead atoms. The molecule has 16 heavy (non-hydrogen) atoms. The summed E-state index contributed by atoms with van der Waals surface area (Å²) in [4.78, 5) is 13.9. The fraction of sp³-hybridized carbons (Fsp3) is 0.923. The second-order valence-corrected chi connectivity index (χ2v) is 4.40. The van der Waals surface area contributed by atoms with Crippen molar-refractivity contribution in [3.63, 3.8) is 0 Å². The summed E-state index contributed by atoms with van der Waals surface area (Å²) < 4.78 is 0. The van der Waals surface area contributed by atoms with E-state index in [9.17, 15) is 4.79 Å². The highest BCUT2D eigenvalue weighted by molar-refractivity contribution is 5.78. The number of hydrogen-bond donors (Lipinski definition) is 1. The van der Waals surface area contributed by atoms with Crippen LogP contribution in [0, 0.1) is 5.92 Å². The van der Waals surface area contributed by atoms with Crippen LogP contribution in [0.15, 0.2) is 0 Å². The van der Waals surface area contributed by atoms with E-state index in [-0.39, 0.29) is 13.3 Å². The van der Waals surface area contributed by atoms with Gasteiger partial charge in [0, 0.05) is 13.4 Å². The predicted molar refractivity (Wildman–Crippen MR) is 71.6 cm³/mol. The number of nitrogens with one attached hydrogen (secondary N) is 1. The Morgan fingerprint density at radius 2 is 1.94 bits per heavy atom. The van der Waals surface area contributed by atoms with Crippen LogP contribution in [0.1, 0.15) is 48.4 Å². The molecule has 0 aromatic carbocycles. The van der Waals surface area contributed by atoms with Crippen LogP contribution < -0.4 is 5.32 Å². The van der Waals surface area contributed by atoms with Crippen molar-refractivity contribution in [2.75, 3.05) is 20.1 Å². The van der Waals surface area contributed by atoms with Crippen molar-refractivity contribution in [1.29, 1.82) is 0 Å². The van der Waals surface area contributed by atoms with E-state index in [4.69, 9.17) is 0 Å². The predicted octanol–water partition coefficient (Wildman–Crippen LogP) is 2.52. The first-order chi connectivity index (χ1) is 7.63. The van der Waals surface area contributed by atoms with Crippen LogP contribution in [0.2, 0.25) is 0 Å². The van der Waals surface area contributed by atoms with Gasteiger partial charge in [0.1, 0.15) is 0 Å². The van der Waals surface area contributed by atoms with E-state index in [1.165, 1.54) is 0 Å². The summed E-state index contributed by atoms with van der Waals surface area (Å²) in [5.74, 6) is 0.386. The maximum absolute atomic E-state index is 11.6. The third-order valence-electron chi connectivity index (χ3n) is 3.12. The molecule has 3 heteroatoms. The maximum atomic E-state index is 11.6. The normalized spacial score (nSPS) is 19.6. The lowest BCUT2D eigenvalue weighted by Gasteiger charge is -2.30. The third-order valence-corrected chi connectivity index (χ3v) is 3.12. The summed E-state index contributed by atoms with van der Waals surface area (Å²) in [5.41, 5.74) is 0. The minimum atomic E-state index is 0. The topological polar surface area (TPSA) is 32.3 Å². The van der Waals surface area contributed by atoms with E-state index >= 15 is 0 Å². The molecule has 1 unspecified atom stereocenters. The average molecular weight is 230 g/mol. The van der Waals surface area contributed by atoms with Crippen molar-refractivity contribution in [3.8, 4) is 0 Å². The Morgan fingerprint density at radius 1 is 1.44 bits per heavy atom. The van der Waals surface area contributed by atoms with Crippen molar-refractivity contribution >= 4 is 5.91 Å². The SMILES string of the molecule is CC.CCC(C)C(=O)NC1CCN(C)CC1.[HH]. The molecule has 1 rings (SSSR count). The molecular formula is C13H30N2O. The molecule has 0 radical (unpaired) electrons. The summed E-state index contributed by atoms with van der Waals surface area (Å²) in [5, 5.41) is 3.12. The van der Waals surface area contributed by atoms with Gasteiger partial charge in [-0.1, -0.05) is 27.7 Å². The van der Waals surface area contributed by atoms with Gasteiger partial charge in [-0.3, -0.25) is 4.79 Å². The van der Waals surface area contributed by atoms with Gasteiger partial charge in [-0.15, -0.1) is 0 Å². The summed E-state index contributed by atoms with van der Waals surface area (Å²) in [6.45, 7) is 10.3. The Kier molecular flexibility index (Phi) is 8.26. The molecule has 1 N–H and O–H groups in total. The Bertz CT molecular complexity index is 192. The molecule has 1 amide bonds. The first-order valence-electron chi connectivity index (χ1n) is 6.62. The minimum Gasteiger partial charge on any atom is -0.353 e. The van der Waals surface area contributed by atoms with E-state index in [2.05, 4.69) is 24.2 Å². The monoisotopic (exact) mass is 230 g/mol. The van der Waals surface area contributed by atoms with Crippen LogP contribution in [-0.2, 0) is 4.79 Å². The van der Waals surface area contributed by atoms with Crippen molar-refractivity contribution in [2.45, 2.75) is 53.0 Å². The molecule has 0 aliphatic carbocycles. The van der Waals surface area contributed by atoms with Gasteiger partial charge in [0.15, 0.2) is 0 Å². The molecule has 3 nitrogen and oxygen atoms in total. The molecule has 98 valence electrons. The molecule has 1 aliphatic heterocycles. The van der Waals surface area contributed by atoms with Crippen molar-refractivity contribution in [1.82, 2.24) is 10.2 Å². The molecule has 0 aromatic rings. The highest BCUT2D eigenvalue weighted by Crippen LogP contribution is 2.09. The highest BCUT2D eigenvalue weighted by Gasteiger charge is 2.20. The quantitative estimate of drug-likeness (QED) is 0.808. The molecule has 0 saturated carbocycles. The van der Waals surface area contributed by atoms with Crippen molar-refractivity contribution < 1.29 is 6.22 Å². The van der Waals surface area contributed by atoms with Crippen LogP contribution in [0.25, 0.3) is 0 Å². The molecule has 0 aromatic heterocycles. The second-order valence-electron chi connectivity index (χ2n) is 4.40. The molecule has 1 fully saturated rings. The van der Waals surface area contributed by atoms with E-state index in [1.807, 2.05) is 20.8 Å². The van der Waals surface area contributed by atoms with E-state index in [0.29, 0.717) is 6.04 Å². The lowest BCUT2D eigenvalue weighted by atomic mass is 10.0. The lowest BCUT2D eigenvalue weighted by molar-refractivity contribution is -0.125. The molecular weight excluding hydrogens is 200 g/mol. The van der Waals surface area contributed by atoms with Crippen molar-refractivity contribution in [2.24, 2.45) is 5.92 Å². The Balaban J connectivity index is 0. The van der Waals surface area contributed by atoms with E-state index < -0.39 is 0 Å². The van der Waals surface area contributed by atoms with Gasteiger partial charge in [0.05, 0.1) is 0 Å². The summed E-state index contributed by atoms with van der Waals surface area (Å²) in [6, 6.07) is 0.410. The minimum absolute atomic E-state index is 0. The van der Waals surface area contributed by atoms with Gasteiger partial charge >= 0.3 is 0 Å². The van der Waals surface area contributed by atoms with Gasteiger partial charge in [-0.25, -0.2) is 0 Å². The Morgan fingerprint density at radius 3 is 2.38 bits per heavy atom. The number of carbonyl (C=O) groups excluding carboxylic acids is 1. The zero-order chi connectivity index (χ0) is 12.6. The smallest absolute Gasteiger partial charge is 0.223 e. The Labute approximate surface area is 102 Å². The summed E-state index contributed by atoms with van der Waals surface area (Å²) >= 11 is 0. The molecule has 1 aliphatic rings. The van der Waals surface area contributed by atoms with Crippen LogP contribution in [-0.4, -0.2) is 37.0 Å². The fourth-order valence-corrected chi connectivity index (χ4v) is 1.68. The van der Waals surface area contributed by atoms with Crippen LogP contribution in [0.5, 0.6) is 0 Å². The highest BCUT2D eigenvalue weighted by atomic mass is 16.1. The molecule has 1 heterocycles. The number of amides is 1. The number of nitrogens with zero attached hydrogens (tertiary/aromatic N) is 1. The van der Waals surface area contributed by atoms with Gasteiger partial charge < -0.3 is 10.2 Å². The number of likely N-dealkylation sites (tertiary alicyclic amines) is 1. The first-order valence-corrected chi connectivity index (χ1v) is 6.62. The second kappa shape index (κ2) is 8.57. The van der Waals surface area contributed by atoms with Gasteiger partial charge in [0.25, 0.3) is 0 Å².